The summed E-state index contributed by atoms with van der Waals surface area (Å²) >= 11 is 0. The van der Waals surface area contributed by atoms with Gasteiger partial charge >= 0.3 is 0 Å². The van der Waals surface area contributed by atoms with Crippen LogP contribution < -0.4 is 5.32 Å². The number of halogens is 2. The van der Waals surface area contributed by atoms with Gasteiger partial charge in [0.2, 0.25) is 5.91 Å². The van der Waals surface area contributed by atoms with Crippen molar-refractivity contribution in [2.75, 3.05) is 0 Å². The topological polar surface area (TPSA) is 46.2 Å². The van der Waals surface area contributed by atoms with Gasteiger partial charge in [0.1, 0.15) is 5.92 Å². The first-order chi connectivity index (χ1) is 9.33. The van der Waals surface area contributed by atoms with Crippen LogP contribution in [0.1, 0.15) is 52.4 Å². The average molecular weight is 287 g/mol. The second kappa shape index (κ2) is 5.78. The molecule has 0 aromatic rings. The van der Waals surface area contributed by atoms with E-state index in [0.717, 1.165) is 32.1 Å². The van der Waals surface area contributed by atoms with Crippen LogP contribution in [-0.4, -0.2) is 23.7 Å². The molecule has 0 unspecified atom stereocenters. The predicted molar refractivity (Wildman–Crippen MR) is 71.4 cm³/mol. The fourth-order valence-corrected chi connectivity index (χ4v) is 3.00. The SMILES string of the molecule is CC(C)C(=O)[C@H](NC(=O)[C@H]1CC1(F)F)C1CCCCC1. The van der Waals surface area contributed by atoms with Crippen LogP contribution in [0.5, 0.6) is 0 Å². The van der Waals surface area contributed by atoms with Crippen LogP contribution in [-0.2, 0) is 9.59 Å². The number of Topliss-reactive ketones (excluding diaryl/α,β-unsaturated/α-hetero) is 1. The molecule has 2 atom stereocenters. The molecule has 5 heteroatoms. The molecule has 3 nitrogen and oxygen atoms in total. The Morgan fingerprint density at radius 3 is 2.15 bits per heavy atom. The van der Waals surface area contributed by atoms with Crippen molar-refractivity contribution < 1.29 is 18.4 Å². The van der Waals surface area contributed by atoms with Gasteiger partial charge in [-0.05, 0) is 18.8 Å². The Kier molecular flexibility index (Phi) is 4.45. The third-order valence-corrected chi connectivity index (χ3v) is 4.44. The number of ketones is 1. The lowest BCUT2D eigenvalue weighted by Crippen LogP contribution is -2.49. The Morgan fingerprint density at radius 1 is 1.15 bits per heavy atom. The lowest BCUT2D eigenvalue weighted by Gasteiger charge is -2.31. The number of carbonyl (C=O) groups excluding carboxylic acids is 2. The minimum Gasteiger partial charge on any atom is -0.346 e. The summed E-state index contributed by atoms with van der Waals surface area (Å²) in [5, 5.41) is 2.62. The molecule has 20 heavy (non-hydrogen) atoms. The standard InChI is InChI=1S/C15H23F2NO2/c1-9(2)13(19)12(10-6-4-3-5-7-10)18-14(20)11-8-15(11,16)17/h9-12H,3-8H2,1-2H3,(H,18,20)/t11-,12-/m1/s1. The molecule has 1 N–H and O–H groups in total. The van der Waals surface area contributed by atoms with E-state index in [1.165, 1.54) is 0 Å². The second-order valence-electron chi connectivity index (χ2n) is 6.46. The highest BCUT2D eigenvalue weighted by Crippen LogP contribution is 2.48. The van der Waals surface area contributed by atoms with E-state index >= 15 is 0 Å². The largest absolute Gasteiger partial charge is 0.346 e. The van der Waals surface area contributed by atoms with Crippen LogP contribution >= 0.6 is 0 Å². The Hall–Kier alpha value is -1.00. The number of carbonyl (C=O) groups is 2. The molecule has 0 heterocycles. The Morgan fingerprint density at radius 2 is 1.70 bits per heavy atom. The predicted octanol–water partition coefficient (Wildman–Crippen LogP) is 2.93. The number of hydrogen-bond donors (Lipinski definition) is 1. The number of hydrogen-bond acceptors (Lipinski definition) is 2. The zero-order valence-corrected chi connectivity index (χ0v) is 12.1. The molecule has 0 spiro atoms. The Labute approximate surface area is 118 Å². The third kappa shape index (κ3) is 3.36. The van der Waals surface area contributed by atoms with Gasteiger partial charge in [-0.25, -0.2) is 8.78 Å². The van der Waals surface area contributed by atoms with Crippen molar-refractivity contribution in [3.8, 4) is 0 Å². The second-order valence-corrected chi connectivity index (χ2v) is 6.46. The van der Waals surface area contributed by atoms with E-state index < -0.39 is 23.8 Å². The van der Waals surface area contributed by atoms with Crippen molar-refractivity contribution in [3.05, 3.63) is 0 Å². The molecule has 2 saturated carbocycles. The van der Waals surface area contributed by atoms with E-state index in [2.05, 4.69) is 5.32 Å². The minimum absolute atomic E-state index is 0.0331. The maximum absolute atomic E-state index is 13.0. The quantitative estimate of drug-likeness (QED) is 0.845. The minimum atomic E-state index is -2.87. The summed E-state index contributed by atoms with van der Waals surface area (Å²) in [6, 6.07) is -0.584. The van der Waals surface area contributed by atoms with Gasteiger partial charge in [-0.3, -0.25) is 9.59 Å². The molecule has 0 aliphatic heterocycles. The van der Waals surface area contributed by atoms with E-state index in [1.807, 2.05) is 0 Å². The summed E-state index contributed by atoms with van der Waals surface area (Å²) in [7, 11) is 0. The van der Waals surface area contributed by atoms with E-state index in [-0.39, 0.29) is 24.0 Å². The summed E-state index contributed by atoms with van der Waals surface area (Å²) in [6.45, 7) is 3.58. The summed E-state index contributed by atoms with van der Waals surface area (Å²) in [6.07, 6.45) is 4.64. The fourth-order valence-electron chi connectivity index (χ4n) is 3.00. The smallest absolute Gasteiger partial charge is 0.260 e. The summed E-state index contributed by atoms with van der Waals surface area (Å²) in [4.78, 5) is 24.1. The maximum Gasteiger partial charge on any atom is 0.260 e. The van der Waals surface area contributed by atoms with Crippen LogP contribution in [0.2, 0.25) is 0 Å². The van der Waals surface area contributed by atoms with Crippen molar-refractivity contribution in [1.82, 2.24) is 5.32 Å². The van der Waals surface area contributed by atoms with E-state index in [4.69, 9.17) is 0 Å². The van der Waals surface area contributed by atoms with Gasteiger partial charge in [-0.2, -0.15) is 0 Å². The van der Waals surface area contributed by atoms with Crippen molar-refractivity contribution in [2.24, 2.45) is 17.8 Å². The number of amides is 1. The summed E-state index contributed by atoms with van der Waals surface area (Å²) < 4.78 is 25.9. The molecule has 0 aromatic carbocycles. The highest BCUT2D eigenvalue weighted by Gasteiger charge is 2.61. The summed E-state index contributed by atoms with van der Waals surface area (Å²) in [5.74, 6) is -4.87. The average Bonchev–Trinajstić information content (AvgIpc) is 3.05. The molecule has 2 aliphatic rings. The monoisotopic (exact) mass is 287 g/mol. The zero-order valence-electron chi connectivity index (χ0n) is 12.1. The normalized spacial score (nSPS) is 27.1. The molecular weight excluding hydrogens is 264 g/mol. The van der Waals surface area contributed by atoms with Gasteiger partial charge in [0, 0.05) is 12.3 Å². The zero-order chi connectivity index (χ0) is 14.9. The molecule has 2 aliphatic carbocycles. The van der Waals surface area contributed by atoms with Gasteiger partial charge in [-0.15, -0.1) is 0 Å². The first-order valence-corrected chi connectivity index (χ1v) is 7.55. The third-order valence-electron chi connectivity index (χ3n) is 4.44. The van der Waals surface area contributed by atoms with Gasteiger partial charge in [0.15, 0.2) is 5.78 Å². The Balaban J connectivity index is 2.02. The van der Waals surface area contributed by atoms with Crippen molar-refractivity contribution in [1.29, 1.82) is 0 Å². The van der Waals surface area contributed by atoms with Crippen molar-refractivity contribution in [2.45, 2.75) is 64.3 Å². The fraction of sp³-hybridized carbons (Fsp3) is 0.867. The van der Waals surface area contributed by atoms with Crippen molar-refractivity contribution >= 4 is 11.7 Å². The van der Waals surface area contributed by atoms with E-state index in [9.17, 15) is 18.4 Å². The molecular formula is C15H23F2NO2. The number of rotatable bonds is 5. The van der Waals surface area contributed by atoms with Crippen LogP contribution in [0.4, 0.5) is 8.78 Å². The molecule has 1 amide bonds. The molecule has 0 saturated heterocycles. The highest BCUT2D eigenvalue weighted by atomic mass is 19.3. The lowest BCUT2D eigenvalue weighted by atomic mass is 9.80. The van der Waals surface area contributed by atoms with Crippen LogP contribution in [0.25, 0.3) is 0 Å². The van der Waals surface area contributed by atoms with Crippen LogP contribution in [0, 0.1) is 17.8 Å². The van der Waals surface area contributed by atoms with Crippen LogP contribution in [0.3, 0.4) is 0 Å². The van der Waals surface area contributed by atoms with E-state index in [0.29, 0.717) is 0 Å². The first kappa shape index (κ1) is 15.4. The molecule has 114 valence electrons. The first-order valence-electron chi connectivity index (χ1n) is 7.55. The molecule has 0 radical (unpaired) electrons. The molecule has 0 aromatic heterocycles. The van der Waals surface area contributed by atoms with Crippen molar-refractivity contribution in [3.63, 3.8) is 0 Å². The van der Waals surface area contributed by atoms with Gasteiger partial charge in [-0.1, -0.05) is 33.1 Å². The maximum atomic E-state index is 13.0. The van der Waals surface area contributed by atoms with E-state index in [1.54, 1.807) is 13.8 Å². The molecule has 2 fully saturated rings. The summed E-state index contributed by atoms with van der Waals surface area (Å²) in [5.41, 5.74) is 0. The molecule has 2 rings (SSSR count). The highest BCUT2D eigenvalue weighted by molar-refractivity contribution is 5.92. The Bertz CT molecular complexity index is 389. The van der Waals surface area contributed by atoms with Gasteiger partial charge in [0.25, 0.3) is 5.92 Å². The number of alkyl halides is 2. The van der Waals surface area contributed by atoms with Crippen LogP contribution in [0.15, 0.2) is 0 Å². The molecule has 0 bridgehead atoms. The van der Waals surface area contributed by atoms with Gasteiger partial charge < -0.3 is 5.32 Å². The lowest BCUT2D eigenvalue weighted by molar-refractivity contribution is -0.132. The number of nitrogens with one attached hydrogen (secondary N) is 1. The van der Waals surface area contributed by atoms with Gasteiger partial charge in [0.05, 0.1) is 6.04 Å².